The third-order valence-corrected chi connectivity index (χ3v) is 3.20. The number of aryl methyl sites for hydroxylation is 1. The van der Waals surface area contributed by atoms with Crippen molar-refractivity contribution in [2.75, 3.05) is 5.32 Å². The number of anilines is 1. The van der Waals surface area contributed by atoms with Crippen molar-refractivity contribution in [2.45, 2.75) is 13.5 Å². The molecule has 0 bridgehead atoms. The summed E-state index contributed by atoms with van der Waals surface area (Å²) in [5.41, 5.74) is 3.44. The Morgan fingerprint density at radius 2 is 1.82 bits per heavy atom. The van der Waals surface area contributed by atoms with Crippen molar-refractivity contribution < 1.29 is 5.11 Å². The summed E-state index contributed by atoms with van der Waals surface area (Å²) >= 11 is 3.53. The summed E-state index contributed by atoms with van der Waals surface area (Å²) in [6, 6.07) is 13.4. The van der Waals surface area contributed by atoms with Crippen LogP contribution in [-0.4, -0.2) is 5.11 Å². The van der Waals surface area contributed by atoms with Gasteiger partial charge in [0, 0.05) is 16.7 Å². The van der Waals surface area contributed by atoms with Crippen LogP contribution < -0.4 is 5.32 Å². The second kappa shape index (κ2) is 5.23. The van der Waals surface area contributed by atoms with Crippen LogP contribution in [0.4, 0.5) is 5.69 Å². The molecule has 2 aromatic rings. The van der Waals surface area contributed by atoms with Crippen LogP contribution in [0.2, 0.25) is 0 Å². The maximum absolute atomic E-state index is 9.19. The van der Waals surface area contributed by atoms with Crippen LogP contribution in [0.1, 0.15) is 11.1 Å². The topological polar surface area (TPSA) is 32.3 Å². The lowest BCUT2D eigenvalue weighted by atomic mass is 10.2. The van der Waals surface area contributed by atoms with Crippen LogP contribution in [0, 0.1) is 6.92 Å². The van der Waals surface area contributed by atoms with Gasteiger partial charge in [-0.1, -0.05) is 18.2 Å². The standard InChI is InChI=1S/C14H14BrNO/c1-10-2-7-14(13(15)8-10)16-9-11-3-5-12(17)6-4-11/h2-8,16-17H,9H2,1H3. The normalized spacial score (nSPS) is 10.2. The molecule has 0 atom stereocenters. The van der Waals surface area contributed by atoms with Crippen molar-refractivity contribution in [3.05, 3.63) is 58.1 Å². The van der Waals surface area contributed by atoms with Crippen molar-refractivity contribution in [1.29, 1.82) is 0 Å². The third kappa shape index (κ3) is 3.24. The first-order valence-corrected chi connectivity index (χ1v) is 6.22. The van der Waals surface area contributed by atoms with Crippen LogP contribution in [-0.2, 0) is 6.54 Å². The molecule has 0 radical (unpaired) electrons. The Hall–Kier alpha value is -1.48. The monoisotopic (exact) mass is 291 g/mol. The van der Waals surface area contributed by atoms with E-state index in [2.05, 4.69) is 46.4 Å². The Morgan fingerprint density at radius 3 is 2.47 bits per heavy atom. The Kier molecular flexibility index (Phi) is 3.69. The summed E-state index contributed by atoms with van der Waals surface area (Å²) in [7, 11) is 0. The van der Waals surface area contributed by atoms with E-state index in [-0.39, 0.29) is 0 Å². The molecule has 2 nitrogen and oxygen atoms in total. The van der Waals surface area contributed by atoms with Crippen LogP contribution in [0.15, 0.2) is 46.9 Å². The molecule has 17 heavy (non-hydrogen) atoms. The largest absolute Gasteiger partial charge is 0.508 e. The molecule has 0 spiro atoms. The molecule has 2 N–H and O–H groups in total. The average molecular weight is 292 g/mol. The minimum absolute atomic E-state index is 0.297. The number of hydrogen-bond acceptors (Lipinski definition) is 2. The Balaban J connectivity index is 2.04. The SMILES string of the molecule is Cc1ccc(NCc2ccc(O)cc2)c(Br)c1. The lowest BCUT2D eigenvalue weighted by molar-refractivity contribution is 0.475. The highest BCUT2D eigenvalue weighted by molar-refractivity contribution is 9.10. The van der Waals surface area contributed by atoms with E-state index < -0.39 is 0 Å². The van der Waals surface area contributed by atoms with Crippen molar-refractivity contribution in [3.63, 3.8) is 0 Å². The van der Waals surface area contributed by atoms with Gasteiger partial charge < -0.3 is 10.4 Å². The van der Waals surface area contributed by atoms with E-state index in [4.69, 9.17) is 0 Å². The van der Waals surface area contributed by atoms with E-state index in [1.54, 1.807) is 12.1 Å². The van der Waals surface area contributed by atoms with Gasteiger partial charge in [0.1, 0.15) is 5.75 Å². The molecule has 0 aliphatic rings. The predicted molar refractivity (Wildman–Crippen MR) is 74.3 cm³/mol. The van der Waals surface area contributed by atoms with E-state index in [9.17, 15) is 5.11 Å². The second-order valence-corrected chi connectivity index (χ2v) is 4.86. The molecular formula is C14H14BrNO. The lowest BCUT2D eigenvalue weighted by Crippen LogP contribution is -1.99. The highest BCUT2D eigenvalue weighted by Gasteiger charge is 1.99. The van der Waals surface area contributed by atoms with Crippen LogP contribution >= 0.6 is 15.9 Å². The summed E-state index contributed by atoms with van der Waals surface area (Å²) in [4.78, 5) is 0. The Morgan fingerprint density at radius 1 is 1.12 bits per heavy atom. The fraction of sp³-hybridized carbons (Fsp3) is 0.143. The summed E-state index contributed by atoms with van der Waals surface area (Å²) in [6.07, 6.45) is 0. The van der Waals surface area contributed by atoms with Crippen molar-refractivity contribution >= 4 is 21.6 Å². The van der Waals surface area contributed by atoms with Crippen molar-refractivity contribution in [1.82, 2.24) is 0 Å². The lowest BCUT2D eigenvalue weighted by Gasteiger charge is -2.09. The highest BCUT2D eigenvalue weighted by Crippen LogP contribution is 2.24. The minimum Gasteiger partial charge on any atom is -0.508 e. The number of hydrogen-bond donors (Lipinski definition) is 2. The number of phenols is 1. The zero-order chi connectivity index (χ0) is 12.3. The summed E-state index contributed by atoms with van der Waals surface area (Å²) in [5.74, 6) is 0.297. The van der Waals surface area contributed by atoms with Crippen molar-refractivity contribution in [3.8, 4) is 5.75 Å². The van der Waals surface area contributed by atoms with Gasteiger partial charge in [-0.3, -0.25) is 0 Å². The Labute approximate surface area is 109 Å². The van der Waals surface area contributed by atoms with Gasteiger partial charge in [-0.05, 0) is 58.2 Å². The summed E-state index contributed by atoms with van der Waals surface area (Å²) < 4.78 is 1.07. The molecule has 0 saturated heterocycles. The third-order valence-electron chi connectivity index (χ3n) is 2.54. The second-order valence-electron chi connectivity index (χ2n) is 4.00. The van der Waals surface area contributed by atoms with E-state index in [0.717, 1.165) is 22.3 Å². The molecule has 0 unspecified atom stereocenters. The van der Waals surface area contributed by atoms with Crippen LogP contribution in [0.5, 0.6) is 5.75 Å². The fourth-order valence-electron chi connectivity index (χ4n) is 1.57. The quantitative estimate of drug-likeness (QED) is 0.893. The zero-order valence-corrected chi connectivity index (χ0v) is 11.2. The first kappa shape index (κ1) is 12.0. The molecule has 0 fully saturated rings. The molecule has 0 aromatic heterocycles. The van der Waals surface area contributed by atoms with E-state index >= 15 is 0 Å². The number of halogens is 1. The highest BCUT2D eigenvalue weighted by atomic mass is 79.9. The van der Waals surface area contributed by atoms with Gasteiger partial charge in [0.2, 0.25) is 0 Å². The first-order chi connectivity index (χ1) is 8.15. The van der Waals surface area contributed by atoms with Gasteiger partial charge in [0.05, 0.1) is 0 Å². The van der Waals surface area contributed by atoms with Gasteiger partial charge in [-0.15, -0.1) is 0 Å². The molecule has 0 saturated carbocycles. The molecule has 0 amide bonds. The van der Waals surface area contributed by atoms with Gasteiger partial charge in [0.25, 0.3) is 0 Å². The number of rotatable bonds is 3. The molecule has 88 valence electrons. The summed E-state index contributed by atoms with van der Waals surface area (Å²) in [5, 5.41) is 12.5. The zero-order valence-electron chi connectivity index (χ0n) is 9.57. The van der Waals surface area contributed by atoms with Crippen LogP contribution in [0.3, 0.4) is 0 Å². The van der Waals surface area contributed by atoms with Crippen LogP contribution in [0.25, 0.3) is 0 Å². The molecule has 0 heterocycles. The maximum atomic E-state index is 9.19. The number of aromatic hydroxyl groups is 1. The molecule has 3 heteroatoms. The number of phenolic OH excluding ortho intramolecular Hbond substituents is 1. The molecule has 0 aliphatic carbocycles. The fourth-order valence-corrected chi connectivity index (χ4v) is 2.21. The predicted octanol–water partition coefficient (Wildman–Crippen LogP) is 4.08. The van der Waals surface area contributed by atoms with Gasteiger partial charge in [0.15, 0.2) is 0 Å². The molecule has 0 aliphatic heterocycles. The number of nitrogens with one attached hydrogen (secondary N) is 1. The van der Waals surface area contributed by atoms with E-state index in [1.807, 2.05) is 12.1 Å². The van der Waals surface area contributed by atoms with Gasteiger partial charge >= 0.3 is 0 Å². The smallest absolute Gasteiger partial charge is 0.115 e. The van der Waals surface area contributed by atoms with E-state index in [1.165, 1.54) is 5.56 Å². The maximum Gasteiger partial charge on any atom is 0.115 e. The molecular weight excluding hydrogens is 278 g/mol. The average Bonchev–Trinajstić information content (AvgIpc) is 2.30. The van der Waals surface area contributed by atoms with Crippen molar-refractivity contribution in [2.24, 2.45) is 0 Å². The molecule has 2 aromatic carbocycles. The van der Waals surface area contributed by atoms with E-state index in [0.29, 0.717) is 5.75 Å². The number of benzene rings is 2. The Bertz CT molecular complexity index is 508. The van der Waals surface area contributed by atoms with Gasteiger partial charge in [-0.25, -0.2) is 0 Å². The van der Waals surface area contributed by atoms with Gasteiger partial charge in [-0.2, -0.15) is 0 Å². The molecule has 2 rings (SSSR count). The minimum atomic E-state index is 0.297. The first-order valence-electron chi connectivity index (χ1n) is 5.43. The summed E-state index contributed by atoms with van der Waals surface area (Å²) in [6.45, 7) is 2.80.